The van der Waals surface area contributed by atoms with Gasteiger partial charge in [-0.3, -0.25) is 4.79 Å². The van der Waals surface area contributed by atoms with Gasteiger partial charge in [-0.25, -0.2) is 8.42 Å². The molecule has 2 aliphatic rings. The van der Waals surface area contributed by atoms with E-state index in [1.807, 2.05) is 6.92 Å². The Bertz CT molecular complexity index is 430. The number of sulfone groups is 1. The van der Waals surface area contributed by atoms with Crippen molar-refractivity contribution in [3.8, 4) is 0 Å². The van der Waals surface area contributed by atoms with Crippen molar-refractivity contribution in [1.29, 1.82) is 0 Å². The van der Waals surface area contributed by atoms with E-state index in [1.165, 1.54) is 6.26 Å². The second-order valence-electron chi connectivity index (χ2n) is 5.35. The molecule has 2 rings (SSSR count). The van der Waals surface area contributed by atoms with Crippen LogP contribution in [0.5, 0.6) is 0 Å². The van der Waals surface area contributed by atoms with E-state index in [1.54, 1.807) is 16.7 Å². The van der Waals surface area contributed by atoms with Gasteiger partial charge in [0.25, 0.3) is 0 Å². The Morgan fingerprint density at radius 1 is 1.50 bits per heavy atom. The van der Waals surface area contributed by atoms with Crippen molar-refractivity contribution in [2.24, 2.45) is 5.41 Å². The SMILES string of the molecule is CC1(C(=O)N2CCSCC2S(C)(=O)=O)CCNC1. The molecule has 2 atom stereocenters. The van der Waals surface area contributed by atoms with Gasteiger partial charge < -0.3 is 10.2 Å². The van der Waals surface area contributed by atoms with E-state index in [0.29, 0.717) is 18.8 Å². The molecular weight excluding hydrogens is 272 g/mol. The summed E-state index contributed by atoms with van der Waals surface area (Å²) in [5.41, 5.74) is -0.440. The third-order valence-corrected chi connectivity index (χ3v) is 6.37. The molecule has 0 aliphatic carbocycles. The van der Waals surface area contributed by atoms with Crippen LogP contribution in [0.3, 0.4) is 0 Å². The molecule has 2 unspecified atom stereocenters. The van der Waals surface area contributed by atoms with Gasteiger partial charge in [0.15, 0.2) is 9.84 Å². The number of nitrogens with one attached hydrogen (secondary N) is 1. The highest BCUT2D eigenvalue weighted by Crippen LogP contribution is 2.31. The van der Waals surface area contributed by atoms with Gasteiger partial charge >= 0.3 is 0 Å². The average Bonchev–Trinajstić information content (AvgIpc) is 2.75. The number of carbonyl (C=O) groups excluding carboxylic acids is 1. The highest BCUT2D eigenvalue weighted by atomic mass is 32.2. The maximum absolute atomic E-state index is 12.6. The fourth-order valence-electron chi connectivity index (χ4n) is 2.51. The lowest BCUT2D eigenvalue weighted by Gasteiger charge is -2.38. The lowest BCUT2D eigenvalue weighted by atomic mass is 9.88. The Hall–Kier alpha value is -0.270. The second-order valence-corrected chi connectivity index (χ2v) is 8.70. The molecule has 0 spiro atoms. The van der Waals surface area contributed by atoms with Crippen molar-refractivity contribution < 1.29 is 13.2 Å². The van der Waals surface area contributed by atoms with E-state index in [-0.39, 0.29) is 5.91 Å². The van der Waals surface area contributed by atoms with Crippen LogP contribution in [0.2, 0.25) is 0 Å². The van der Waals surface area contributed by atoms with Crippen molar-refractivity contribution in [2.75, 3.05) is 37.4 Å². The molecular formula is C11H20N2O3S2. The first-order valence-corrected chi connectivity index (χ1v) is 9.24. The molecule has 18 heavy (non-hydrogen) atoms. The Kier molecular flexibility index (Phi) is 3.94. The van der Waals surface area contributed by atoms with E-state index >= 15 is 0 Å². The normalized spacial score (nSPS) is 33.7. The van der Waals surface area contributed by atoms with Crippen molar-refractivity contribution in [3.05, 3.63) is 0 Å². The Labute approximate surface area is 113 Å². The van der Waals surface area contributed by atoms with Crippen LogP contribution in [-0.2, 0) is 14.6 Å². The molecule has 0 saturated carbocycles. The van der Waals surface area contributed by atoms with Crippen LogP contribution in [0.1, 0.15) is 13.3 Å². The summed E-state index contributed by atoms with van der Waals surface area (Å²) in [5.74, 6) is 1.30. The minimum Gasteiger partial charge on any atom is -0.323 e. The maximum Gasteiger partial charge on any atom is 0.230 e. The molecule has 1 amide bonds. The Morgan fingerprint density at radius 2 is 2.22 bits per heavy atom. The largest absolute Gasteiger partial charge is 0.323 e. The predicted octanol–water partition coefficient (Wildman–Crippen LogP) is -0.0679. The van der Waals surface area contributed by atoms with Gasteiger partial charge in [-0.05, 0) is 19.9 Å². The minimum absolute atomic E-state index is 0.0109. The highest BCUT2D eigenvalue weighted by Gasteiger charge is 2.44. The first-order chi connectivity index (χ1) is 8.34. The number of hydrogen-bond donors (Lipinski definition) is 1. The smallest absolute Gasteiger partial charge is 0.230 e. The number of nitrogens with zero attached hydrogens (tertiary/aromatic N) is 1. The number of hydrogen-bond acceptors (Lipinski definition) is 5. The molecule has 0 radical (unpaired) electrons. The van der Waals surface area contributed by atoms with Crippen LogP contribution >= 0.6 is 11.8 Å². The van der Waals surface area contributed by atoms with Crippen LogP contribution in [0.25, 0.3) is 0 Å². The van der Waals surface area contributed by atoms with Gasteiger partial charge in [0.2, 0.25) is 5.91 Å². The monoisotopic (exact) mass is 292 g/mol. The van der Waals surface area contributed by atoms with Gasteiger partial charge in [0.05, 0.1) is 5.41 Å². The zero-order valence-electron chi connectivity index (χ0n) is 10.8. The summed E-state index contributed by atoms with van der Waals surface area (Å²) in [6, 6.07) is 0. The Balaban J connectivity index is 2.21. The van der Waals surface area contributed by atoms with Gasteiger partial charge in [-0.1, -0.05) is 0 Å². The minimum atomic E-state index is -3.21. The van der Waals surface area contributed by atoms with Gasteiger partial charge in [0.1, 0.15) is 5.37 Å². The third-order valence-electron chi connectivity index (χ3n) is 3.72. The standard InChI is InChI=1S/C11H20N2O3S2/c1-11(3-4-12-8-11)10(14)13-5-6-17-7-9(13)18(2,15)16/h9,12H,3-8H2,1-2H3. The van der Waals surface area contributed by atoms with Crippen molar-refractivity contribution in [1.82, 2.24) is 10.2 Å². The van der Waals surface area contributed by atoms with E-state index in [9.17, 15) is 13.2 Å². The molecule has 0 aromatic carbocycles. The first-order valence-electron chi connectivity index (χ1n) is 6.13. The average molecular weight is 292 g/mol. The van der Waals surface area contributed by atoms with E-state index in [0.717, 1.165) is 18.7 Å². The van der Waals surface area contributed by atoms with Crippen LogP contribution in [0.15, 0.2) is 0 Å². The number of thioether (sulfide) groups is 1. The molecule has 2 heterocycles. The molecule has 0 bridgehead atoms. The van der Waals surface area contributed by atoms with Crippen molar-refractivity contribution in [3.63, 3.8) is 0 Å². The summed E-state index contributed by atoms with van der Waals surface area (Å²) in [6.07, 6.45) is 2.00. The lowest BCUT2D eigenvalue weighted by molar-refractivity contribution is -0.140. The van der Waals surface area contributed by atoms with E-state index in [4.69, 9.17) is 0 Å². The third kappa shape index (κ3) is 2.67. The molecule has 0 aromatic heterocycles. The predicted molar refractivity (Wildman–Crippen MR) is 73.3 cm³/mol. The molecule has 0 aromatic rings. The number of rotatable bonds is 2. The fourth-order valence-corrected chi connectivity index (χ4v) is 5.33. The molecule has 104 valence electrons. The van der Waals surface area contributed by atoms with Gasteiger partial charge in [0, 0.05) is 30.9 Å². The molecule has 7 heteroatoms. The van der Waals surface area contributed by atoms with Crippen LogP contribution in [0, 0.1) is 5.41 Å². The summed E-state index contributed by atoms with van der Waals surface area (Å²) >= 11 is 1.60. The molecule has 2 saturated heterocycles. The zero-order valence-corrected chi connectivity index (χ0v) is 12.4. The summed E-state index contributed by atoms with van der Waals surface area (Å²) in [7, 11) is -3.21. The van der Waals surface area contributed by atoms with Crippen LogP contribution in [0.4, 0.5) is 0 Å². The van der Waals surface area contributed by atoms with Gasteiger partial charge in [-0.2, -0.15) is 11.8 Å². The second kappa shape index (κ2) is 5.02. The molecule has 1 N–H and O–H groups in total. The quantitative estimate of drug-likeness (QED) is 0.772. The molecule has 2 fully saturated rings. The highest BCUT2D eigenvalue weighted by molar-refractivity contribution is 8.00. The lowest BCUT2D eigenvalue weighted by Crippen LogP contribution is -2.54. The van der Waals surface area contributed by atoms with E-state index < -0.39 is 20.6 Å². The van der Waals surface area contributed by atoms with Crippen LogP contribution < -0.4 is 5.32 Å². The summed E-state index contributed by atoms with van der Waals surface area (Å²) in [5, 5.41) is 2.53. The maximum atomic E-state index is 12.6. The first kappa shape index (κ1) is 14.1. The molecule has 2 aliphatic heterocycles. The van der Waals surface area contributed by atoms with E-state index in [2.05, 4.69) is 5.32 Å². The summed E-state index contributed by atoms with van der Waals surface area (Å²) < 4.78 is 23.6. The number of carbonyl (C=O) groups is 1. The summed E-state index contributed by atoms with van der Waals surface area (Å²) in [4.78, 5) is 14.2. The Morgan fingerprint density at radius 3 is 2.78 bits per heavy atom. The fraction of sp³-hybridized carbons (Fsp3) is 0.909. The number of amides is 1. The zero-order chi connectivity index (χ0) is 13.4. The summed E-state index contributed by atoms with van der Waals surface area (Å²) in [6.45, 7) is 3.94. The molecule has 5 nitrogen and oxygen atoms in total. The van der Waals surface area contributed by atoms with Crippen molar-refractivity contribution >= 4 is 27.5 Å². The van der Waals surface area contributed by atoms with Gasteiger partial charge in [-0.15, -0.1) is 0 Å². The van der Waals surface area contributed by atoms with Crippen molar-refractivity contribution in [2.45, 2.75) is 18.7 Å². The topological polar surface area (TPSA) is 66.5 Å². The van der Waals surface area contributed by atoms with Crippen LogP contribution in [-0.4, -0.2) is 62.0 Å².